The third kappa shape index (κ3) is 1.89. The summed E-state index contributed by atoms with van der Waals surface area (Å²) in [6.07, 6.45) is 3.40. The Morgan fingerprint density at radius 1 is 1.50 bits per heavy atom. The van der Waals surface area contributed by atoms with Crippen LogP contribution in [0.3, 0.4) is 0 Å². The molecule has 0 fully saturated rings. The fourth-order valence-electron chi connectivity index (χ4n) is 1.49. The Balaban J connectivity index is 2.54. The number of halogens is 1. The minimum Gasteiger partial charge on any atom is -0.497 e. The number of imidazole rings is 1. The molecule has 0 saturated heterocycles. The van der Waals surface area contributed by atoms with Gasteiger partial charge in [-0.3, -0.25) is 0 Å². The maximum absolute atomic E-state index is 6.13. The third-order valence-electron chi connectivity index (χ3n) is 2.34. The molecule has 0 radical (unpaired) electrons. The molecule has 0 aliphatic rings. The summed E-state index contributed by atoms with van der Waals surface area (Å²) in [6.45, 7) is 0.410. The highest BCUT2D eigenvalue weighted by Crippen LogP contribution is 2.26. The molecule has 1 aromatic carbocycles. The monoisotopic (exact) mass is 237 g/mol. The van der Waals surface area contributed by atoms with Gasteiger partial charge in [-0.25, -0.2) is 4.98 Å². The quantitative estimate of drug-likeness (QED) is 0.888. The summed E-state index contributed by atoms with van der Waals surface area (Å²) in [6, 6.07) is 5.45. The van der Waals surface area contributed by atoms with Crippen LogP contribution < -0.4 is 10.5 Å². The van der Waals surface area contributed by atoms with Crippen molar-refractivity contribution in [2.24, 2.45) is 5.73 Å². The fraction of sp³-hybridized carbons (Fsp3) is 0.182. The molecule has 2 aromatic rings. The van der Waals surface area contributed by atoms with Gasteiger partial charge in [-0.2, -0.15) is 0 Å². The first-order valence-electron chi connectivity index (χ1n) is 4.81. The molecular formula is C11H12ClN3O. The Hall–Kier alpha value is -1.52. The van der Waals surface area contributed by atoms with Gasteiger partial charge in [0.05, 0.1) is 29.8 Å². The van der Waals surface area contributed by atoms with Crippen LogP contribution in [0.4, 0.5) is 0 Å². The lowest BCUT2D eigenvalue weighted by Gasteiger charge is -2.10. The smallest absolute Gasteiger partial charge is 0.121 e. The van der Waals surface area contributed by atoms with Crippen LogP contribution in [-0.4, -0.2) is 16.7 Å². The van der Waals surface area contributed by atoms with Gasteiger partial charge in [-0.05, 0) is 12.1 Å². The zero-order chi connectivity index (χ0) is 11.5. The third-order valence-corrected chi connectivity index (χ3v) is 2.66. The summed E-state index contributed by atoms with van der Waals surface area (Å²) in [5.41, 5.74) is 7.33. The molecule has 0 amide bonds. The summed E-state index contributed by atoms with van der Waals surface area (Å²) >= 11 is 6.13. The second-order valence-corrected chi connectivity index (χ2v) is 3.68. The first kappa shape index (κ1) is 11.0. The van der Waals surface area contributed by atoms with Gasteiger partial charge in [0.2, 0.25) is 0 Å². The van der Waals surface area contributed by atoms with E-state index in [-0.39, 0.29) is 0 Å². The summed E-state index contributed by atoms with van der Waals surface area (Å²) in [7, 11) is 1.62. The average Bonchev–Trinajstić information content (AvgIpc) is 2.77. The summed E-state index contributed by atoms with van der Waals surface area (Å²) < 4.78 is 7.01. The first-order chi connectivity index (χ1) is 7.76. The number of nitrogens with zero attached hydrogens (tertiary/aromatic N) is 2. The Morgan fingerprint density at radius 2 is 2.31 bits per heavy atom. The van der Waals surface area contributed by atoms with E-state index in [0.717, 1.165) is 17.1 Å². The van der Waals surface area contributed by atoms with E-state index < -0.39 is 0 Å². The van der Waals surface area contributed by atoms with Crippen molar-refractivity contribution >= 4 is 11.6 Å². The highest BCUT2D eigenvalue weighted by Gasteiger charge is 2.08. The van der Waals surface area contributed by atoms with Crippen molar-refractivity contribution in [1.29, 1.82) is 0 Å². The summed E-state index contributed by atoms with van der Waals surface area (Å²) in [4.78, 5) is 4.05. The maximum Gasteiger partial charge on any atom is 0.121 e. The highest BCUT2D eigenvalue weighted by atomic mass is 35.5. The molecule has 0 spiro atoms. The van der Waals surface area contributed by atoms with E-state index in [1.54, 1.807) is 25.7 Å². The normalized spacial score (nSPS) is 10.4. The lowest BCUT2D eigenvalue weighted by molar-refractivity contribution is 0.414. The zero-order valence-electron chi connectivity index (χ0n) is 8.85. The van der Waals surface area contributed by atoms with Crippen molar-refractivity contribution < 1.29 is 4.74 Å². The lowest BCUT2D eigenvalue weighted by atomic mass is 10.3. The van der Waals surface area contributed by atoms with E-state index in [9.17, 15) is 0 Å². The Bertz CT molecular complexity index is 496. The van der Waals surface area contributed by atoms with Crippen molar-refractivity contribution in [3.63, 3.8) is 0 Å². The molecule has 0 aliphatic carbocycles. The average molecular weight is 238 g/mol. The van der Waals surface area contributed by atoms with Crippen LogP contribution in [0.1, 0.15) is 5.69 Å². The predicted octanol–water partition coefficient (Wildman–Crippen LogP) is 1.99. The molecule has 0 aliphatic heterocycles. The maximum atomic E-state index is 6.13. The van der Waals surface area contributed by atoms with Crippen LogP contribution in [-0.2, 0) is 6.54 Å². The number of nitrogens with two attached hydrogens (primary N) is 1. The molecule has 4 nitrogen and oxygen atoms in total. The van der Waals surface area contributed by atoms with Gasteiger partial charge in [0.1, 0.15) is 5.75 Å². The Labute approximate surface area is 98.6 Å². The number of hydrogen-bond acceptors (Lipinski definition) is 3. The molecule has 0 bridgehead atoms. The number of methoxy groups -OCH3 is 1. The minimum atomic E-state index is 0.410. The summed E-state index contributed by atoms with van der Waals surface area (Å²) in [5.74, 6) is 0.746. The van der Waals surface area contributed by atoms with Gasteiger partial charge in [0.15, 0.2) is 0 Å². The molecule has 1 aromatic heterocycles. The number of benzene rings is 1. The summed E-state index contributed by atoms with van der Waals surface area (Å²) in [5, 5.41) is 0.633. The van der Waals surface area contributed by atoms with E-state index in [0.29, 0.717) is 11.6 Å². The second kappa shape index (κ2) is 4.55. The van der Waals surface area contributed by atoms with Crippen molar-refractivity contribution in [1.82, 2.24) is 9.55 Å². The van der Waals surface area contributed by atoms with Crippen LogP contribution in [0.25, 0.3) is 5.69 Å². The highest BCUT2D eigenvalue weighted by molar-refractivity contribution is 6.32. The predicted molar refractivity (Wildman–Crippen MR) is 63.0 cm³/mol. The topological polar surface area (TPSA) is 53.1 Å². The fourth-order valence-corrected chi connectivity index (χ4v) is 1.70. The first-order valence-corrected chi connectivity index (χ1v) is 5.19. The van der Waals surface area contributed by atoms with Gasteiger partial charge in [-0.15, -0.1) is 0 Å². The molecule has 0 unspecified atom stereocenters. The van der Waals surface area contributed by atoms with Crippen LogP contribution in [0.15, 0.2) is 30.7 Å². The van der Waals surface area contributed by atoms with E-state index in [1.807, 2.05) is 16.7 Å². The molecule has 0 saturated carbocycles. The molecule has 2 N–H and O–H groups in total. The van der Waals surface area contributed by atoms with Crippen molar-refractivity contribution in [3.8, 4) is 11.4 Å². The molecule has 5 heteroatoms. The molecule has 16 heavy (non-hydrogen) atoms. The second-order valence-electron chi connectivity index (χ2n) is 3.28. The number of hydrogen-bond donors (Lipinski definition) is 1. The number of aromatic nitrogens is 2. The molecule has 84 valence electrons. The zero-order valence-corrected chi connectivity index (χ0v) is 9.61. The lowest BCUT2D eigenvalue weighted by Crippen LogP contribution is -2.05. The standard InChI is InChI=1S/C11H12ClN3O/c1-16-9-2-3-10(12)11(4-9)15-7-14-6-8(15)5-13/h2-4,6-7H,5,13H2,1H3. The molecule has 0 atom stereocenters. The van der Waals surface area contributed by atoms with Gasteiger partial charge in [-0.1, -0.05) is 11.6 Å². The SMILES string of the molecule is COc1ccc(Cl)c(-n2cncc2CN)c1. The molecule has 1 heterocycles. The molecule has 2 rings (SSSR count). The van der Waals surface area contributed by atoms with Crippen LogP contribution in [0, 0.1) is 0 Å². The van der Waals surface area contributed by atoms with Crippen molar-refractivity contribution in [3.05, 3.63) is 41.4 Å². The largest absolute Gasteiger partial charge is 0.497 e. The van der Waals surface area contributed by atoms with Crippen LogP contribution >= 0.6 is 11.6 Å². The Kier molecular flexibility index (Phi) is 3.12. The van der Waals surface area contributed by atoms with E-state index in [2.05, 4.69) is 4.98 Å². The van der Waals surface area contributed by atoms with Gasteiger partial charge in [0.25, 0.3) is 0 Å². The van der Waals surface area contributed by atoms with Crippen molar-refractivity contribution in [2.75, 3.05) is 7.11 Å². The van der Waals surface area contributed by atoms with E-state index >= 15 is 0 Å². The van der Waals surface area contributed by atoms with Crippen LogP contribution in [0.5, 0.6) is 5.75 Å². The molecular weight excluding hydrogens is 226 g/mol. The minimum absolute atomic E-state index is 0.410. The van der Waals surface area contributed by atoms with Gasteiger partial charge < -0.3 is 15.0 Å². The number of rotatable bonds is 3. The van der Waals surface area contributed by atoms with Gasteiger partial charge >= 0.3 is 0 Å². The van der Waals surface area contributed by atoms with Gasteiger partial charge in [0, 0.05) is 18.8 Å². The Morgan fingerprint density at radius 3 is 3.00 bits per heavy atom. The van der Waals surface area contributed by atoms with E-state index in [1.165, 1.54) is 0 Å². The number of ether oxygens (including phenoxy) is 1. The van der Waals surface area contributed by atoms with Crippen LogP contribution in [0.2, 0.25) is 5.02 Å². The van der Waals surface area contributed by atoms with E-state index in [4.69, 9.17) is 22.1 Å². The van der Waals surface area contributed by atoms with Crippen molar-refractivity contribution in [2.45, 2.75) is 6.54 Å².